The van der Waals surface area contributed by atoms with E-state index in [0.717, 1.165) is 16.7 Å². The molecule has 10 nitrogen and oxygen atoms in total. The summed E-state index contributed by atoms with van der Waals surface area (Å²) in [6.45, 7) is -0.00774. The molecule has 32 heavy (non-hydrogen) atoms. The van der Waals surface area contributed by atoms with Crippen molar-refractivity contribution in [2.45, 2.75) is 6.54 Å². The second-order valence-corrected chi connectivity index (χ2v) is 7.69. The van der Waals surface area contributed by atoms with Gasteiger partial charge in [0.1, 0.15) is 11.5 Å². The first kappa shape index (κ1) is 21.0. The molecule has 3 aromatic rings. The molecular formula is C21H13N3O7S. The van der Waals surface area contributed by atoms with Crippen molar-refractivity contribution in [2.24, 2.45) is 0 Å². The van der Waals surface area contributed by atoms with Crippen LogP contribution in [0.5, 0.6) is 0 Å². The van der Waals surface area contributed by atoms with E-state index in [1.165, 1.54) is 42.5 Å². The lowest BCUT2D eigenvalue weighted by Crippen LogP contribution is -2.27. The van der Waals surface area contributed by atoms with Gasteiger partial charge in [0.05, 0.1) is 21.3 Å². The maximum Gasteiger partial charge on any atom is 0.293 e. The number of rotatable bonds is 6. The number of hydrogen-bond donors (Lipinski definition) is 0. The van der Waals surface area contributed by atoms with Crippen LogP contribution in [0.1, 0.15) is 11.3 Å². The number of amides is 2. The van der Waals surface area contributed by atoms with Gasteiger partial charge in [-0.15, -0.1) is 0 Å². The summed E-state index contributed by atoms with van der Waals surface area (Å²) in [5.74, 6) is 0.307. The van der Waals surface area contributed by atoms with Crippen LogP contribution in [0.3, 0.4) is 0 Å². The number of nitro benzene ring substituents is 2. The third-order valence-electron chi connectivity index (χ3n) is 4.62. The smallest absolute Gasteiger partial charge is 0.293 e. The predicted molar refractivity (Wildman–Crippen MR) is 115 cm³/mol. The Hall–Kier alpha value is -4.25. The van der Waals surface area contributed by atoms with Crippen molar-refractivity contribution in [3.8, 4) is 11.3 Å². The summed E-state index contributed by atoms with van der Waals surface area (Å²) in [6.07, 6.45) is 1.45. The first-order valence-corrected chi connectivity index (χ1v) is 9.97. The Bertz CT molecular complexity index is 1260. The van der Waals surface area contributed by atoms with E-state index >= 15 is 0 Å². The van der Waals surface area contributed by atoms with Gasteiger partial charge in [-0.05, 0) is 41.6 Å². The van der Waals surface area contributed by atoms with Crippen LogP contribution < -0.4 is 0 Å². The number of thioether (sulfide) groups is 1. The zero-order chi connectivity index (χ0) is 22.8. The van der Waals surface area contributed by atoms with E-state index in [2.05, 4.69) is 0 Å². The average Bonchev–Trinajstić information content (AvgIpc) is 3.34. The fraction of sp³-hybridized carbons (Fsp3) is 0.0476. The molecule has 0 N–H and O–H groups in total. The van der Waals surface area contributed by atoms with Crippen LogP contribution in [-0.2, 0) is 11.3 Å². The van der Waals surface area contributed by atoms with Gasteiger partial charge in [0.2, 0.25) is 0 Å². The summed E-state index contributed by atoms with van der Waals surface area (Å²) in [6, 6.07) is 14.7. The Labute approximate surface area is 184 Å². The molecule has 0 bridgehead atoms. The number of carbonyl (C=O) groups excluding carboxylic acids is 2. The average molecular weight is 451 g/mol. The number of carbonyl (C=O) groups is 2. The Kier molecular flexibility index (Phi) is 5.56. The number of non-ortho nitro benzene ring substituents is 2. The van der Waals surface area contributed by atoms with Crippen LogP contribution in [0, 0.1) is 20.2 Å². The van der Waals surface area contributed by atoms with Crippen molar-refractivity contribution < 1.29 is 23.9 Å². The minimum Gasteiger partial charge on any atom is -0.457 e. The quantitative estimate of drug-likeness (QED) is 0.290. The molecule has 1 fully saturated rings. The Morgan fingerprint density at radius 1 is 0.875 bits per heavy atom. The fourth-order valence-corrected chi connectivity index (χ4v) is 3.82. The van der Waals surface area contributed by atoms with Crippen LogP contribution in [-0.4, -0.2) is 25.9 Å². The monoisotopic (exact) mass is 451 g/mol. The molecular weight excluding hydrogens is 438 g/mol. The summed E-state index contributed by atoms with van der Waals surface area (Å²) in [5, 5.41) is 21.1. The molecule has 160 valence electrons. The third kappa shape index (κ3) is 4.27. The molecule has 0 saturated carbocycles. The lowest BCUT2D eigenvalue weighted by Gasteiger charge is -2.12. The van der Waals surface area contributed by atoms with Crippen molar-refractivity contribution in [2.75, 3.05) is 0 Å². The van der Waals surface area contributed by atoms with E-state index in [-0.39, 0.29) is 22.8 Å². The number of nitro groups is 2. The van der Waals surface area contributed by atoms with Gasteiger partial charge in [0, 0.05) is 35.9 Å². The van der Waals surface area contributed by atoms with Gasteiger partial charge >= 0.3 is 0 Å². The van der Waals surface area contributed by atoms with Gasteiger partial charge in [-0.3, -0.25) is 34.7 Å². The molecule has 0 aliphatic carbocycles. The van der Waals surface area contributed by atoms with Gasteiger partial charge in [-0.1, -0.05) is 12.1 Å². The standard InChI is InChI=1S/C21H13N3O7S/c25-20-19(32-21(26)22(20)12-13-1-5-15(6-2-13)23(27)28)11-17-9-10-18(31-17)14-3-7-16(8-4-14)24(29)30/h1-11H,12H2/b19-11+. The van der Waals surface area contributed by atoms with Gasteiger partial charge < -0.3 is 4.42 Å². The van der Waals surface area contributed by atoms with Crippen LogP contribution in [0.15, 0.2) is 70.0 Å². The number of furan rings is 1. The third-order valence-corrected chi connectivity index (χ3v) is 5.53. The minimum absolute atomic E-state index is 0.00774. The zero-order valence-corrected chi connectivity index (χ0v) is 17.0. The van der Waals surface area contributed by atoms with E-state index in [4.69, 9.17) is 4.42 Å². The van der Waals surface area contributed by atoms with E-state index in [1.807, 2.05) is 0 Å². The van der Waals surface area contributed by atoms with E-state index in [9.17, 15) is 29.8 Å². The molecule has 2 amide bonds. The highest BCUT2D eigenvalue weighted by Gasteiger charge is 2.35. The molecule has 11 heteroatoms. The molecule has 0 radical (unpaired) electrons. The molecule has 0 atom stereocenters. The molecule has 1 saturated heterocycles. The largest absolute Gasteiger partial charge is 0.457 e. The van der Waals surface area contributed by atoms with Crippen molar-refractivity contribution >= 4 is 40.4 Å². The van der Waals surface area contributed by atoms with Crippen molar-refractivity contribution in [1.82, 2.24) is 4.90 Å². The summed E-state index contributed by atoms with van der Waals surface area (Å²) in [4.78, 5) is 46.7. The van der Waals surface area contributed by atoms with Crippen LogP contribution >= 0.6 is 11.8 Å². The summed E-state index contributed by atoms with van der Waals surface area (Å²) < 4.78 is 5.70. The summed E-state index contributed by atoms with van der Waals surface area (Å²) >= 11 is 0.769. The molecule has 1 aliphatic heterocycles. The Morgan fingerprint density at radius 2 is 1.47 bits per heavy atom. The Morgan fingerprint density at radius 3 is 2.06 bits per heavy atom. The lowest BCUT2D eigenvalue weighted by molar-refractivity contribution is -0.385. The minimum atomic E-state index is -0.527. The summed E-state index contributed by atoms with van der Waals surface area (Å²) in [7, 11) is 0. The van der Waals surface area contributed by atoms with Crippen molar-refractivity contribution in [3.63, 3.8) is 0 Å². The second kappa shape index (κ2) is 8.47. The molecule has 1 aromatic heterocycles. The van der Waals surface area contributed by atoms with Crippen molar-refractivity contribution in [1.29, 1.82) is 0 Å². The molecule has 2 heterocycles. The predicted octanol–water partition coefficient (Wildman–Crippen LogP) is 5.00. The topological polar surface area (TPSA) is 137 Å². The number of imide groups is 1. The molecule has 4 rings (SSSR count). The highest BCUT2D eigenvalue weighted by Crippen LogP contribution is 2.34. The van der Waals surface area contributed by atoms with Gasteiger partial charge in [-0.25, -0.2) is 0 Å². The molecule has 2 aromatic carbocycles. The number of nitrogens with zero attached hydrogens (tertiary/aromatic N) is 3. The summed E-state index contributed by atoms with van der Waals surface area (Å²) in [5.41, 5.74) is 1.09. The lowest BCUT2D eigenvalue weighted by atomic mass is 10.1. The second-order valence-electron chi connectivity index (χ2n) is 6.70. The van der Waals surface area contributed by atoms with Crippen molar-refractivity contribution in [3.05, 3.63) is 97.1 Å². The maximum absolute atomic E-state index is 12.7. The fourth-order valence-electron chi connectivity index (χ4n) is 3.00. The number of benzene rings is 2. The first-order valence-electron chi connectivity index (χ1n) is 9.15. The highest BCUT2D eigenvalue weighted by atomic mass is 32.2. The van der Waals surface area contributed by atoms with E-state index in [1.54, 1.807) is 24.3 Å². The van der Waals surface area contributed by atoms with Gasteiger partial charge in [-0.2, -0.15) is 0 Å². The van der Waals surface area contributed by atoms with E-state index < -0.39 is 21.0 Å². The molecule has 1 aliphatic rings. The molecule has 0 spiro atoms. The normalized spacial score (nSPS) is 14.9. The zero-order valence-electron chi connectivity index (χ0n) is 16.2. The van der Waals surface area contributed by atoms with E-state index in [0.29, 0.717) is 22.6 Å². The Balaban J connectivity index is 1.49. The van der Waals surface area contributed by atoms with Crippen LogP contribution in [0.25, 0.3) is 17.4 Å². The van der Waals surface area contributed by atoms with Gasteiger partial charge in [0.25, 0.3) is 22.5 Å². The van der Waals surface area contributed by atoms with Gasteiger partial charge in [0.15, 0.2) is 0 Å². The first-order chi connectivity index (χ1) is 15.3. The highest BCUT2D eigenvalue weighted by molar-refractivity contribution is 8.18. The number of hydrogen-bond acceptors (Lipinski definition) is 8. The SMILES string of the molecule is O=C1S/C(=C/c2ccc(-c3ccc([N+](=O)[O-])cc3)o2)C(=O)N1Cc1ccc([N+](=O)[O-])cc1. The maximum atomic E-state index is 12.7. The van der Waals surface area contributed by atoms with Crippen LogP contribution in [0.4, 0.5) is 16.2 Å². The van der Waals surface area contributed by atoms with Crippen LogP contribution in [0.2, 0.25) is 0 Å². The molecule has 0 unspecified atom stereocenters.